The minimum absolute atomic E-state index is 0.334. The van der Waals surface area contributed by atoms with Gasteiger partial charge in [-0.3, -0.25) is 5.10 Å². The lowest BCUT2D eigenvalue weighted by atomic mass is 10.1. The lowest BCUT2D eigenvalue weighted by molar-refractivity contribution is 0.575. The van der Waals surface area contributed by atoms with Crippen molar-refractivity contribution in [2.24, 2.45) is 0 Å². The third kappa shape index (κ3) is 2.33. The van der Waals surface area contributed by atoms with E-state index >= 15 is 0 Å². The molecular weight excluding hydrogens is 218 g/mol. The predicted molar refractivity (Wildman–Crippen MR) is 67.6 cm³/mol. The topological polar surface area (TPSA) is 40.7 Å². The average Bonchev–Trinajstić information content (AvgIpc) is 2.84. The molecule has 4 heteroatoms. The van der Waals surface area contributed by atoms with Crippen LogP contribution in [0.25, 0.3) is 0 Å². The summed E-state index contributed by atoms with van der Waals surface area (Å²) in [6.07, 6.45) is 1.90. The summed E-state index contributed by atoms with van der Waals surface area (Å²) < 4.78 is 0. The minimum atomic E-state index is 0.334. The highest BCUT2D eigenvalue weighted by atomic mass is 32.1. The highest BCUT2D eigenvalue weighted by Crippen LogP contribution is 2.18. The second-order valence-electron chi connectivity index (χ2n) is 4.08. The van der Waals surface area contributed by atoms with Crippen molar-refractivity contribution in [2.45, 2.75) is 33.4 Å². The van der Waals surface area contributed by atoms with Crippen molar-refractivity contribution < 1.29 is 0 Å². The molecule has 2 rings (SSSR count). The first-order chi connectivity index (χ1) is 7.68. The smallest absolute Gasteiger partial charge is 0.0537 e. The van der Waals surface area contributed by atoms with Gasteiger partial charge < -0.3 is 5.32 Å². The number of H-pyrrole nitrogens is 1. The van der Waals surface area contributed by atoms with Gasteiger partial charge >= 0.3 is 0 Å². The normalized spacial score (nSPS) is 12.9. The fraction of sp³-hybridized carbons (Fsp3) is 0.417. The molecule has 0 fully saturated rings. The molecule has 0 bridgehead atoms. The maximum absolute atomic E-state index is 4.04. The molecule has 2 aromatic heterocycles. The molecule has 0 spiro atoms. The van der Waals surface area contributed by atoms with Crippen LogP contribution in [0.3, 0.4) is 0 Å². The van der Waals surface area contributed by atoms with Crippen LogP contribution in [0.4, 0.5) is 0 Å². The number of thiophene rings is 1. The van der Waals surface area contributed by atoms with Gasteiger partial charge in [-0.25, -0.2) is 0 Å². The fourth-order valence-corrected chi connectivity index (χ4v) is 2.59. The van der Waals surface area contributed by atoms with E-state index in [0.717, 1.165) is 12.2 Å². The Kier molecular flexibility index (Phi) is 3.41. The summed E-state index contributed by atoms with van der Waals surface area (Å²) in [5.74, 6) is 0. The van der Waals surface area contributed by atoms with Crippen molar-refractivity contribution in [3.05, 3.63) is 39.3 Å². The van der Waals surface area contributed by atoms with E-state index in [0.29, 0.717) is 6.04 Å². The first-order valence-corrected chi connectivity index (χ1v) is 6.32. The van der Waals surface area contributed by atoms with Gasteiger partial charge in [0.15, 0.2) is 0 Å². The van der Waals surface area contributed by atoms with E-state index in [2.05, 4.69) is 47.7 Å². The van der Waals surface area contributed by atoms with E-state index in [1.807, 2.05) is 17.5 Å². The predicted octanol–water partition coefficient (Wildman–Crippen LogP) is 2.94. The number of rotatable bonds is 4. The van der Waals surface area contributed by atoms with E-state index in [1.165, 1.54) is 16.0 Å². The van der Waals surface area contributed by atoms with Crippen LogP contribution in [-0.2, 0) is 6.54 Å². The fourth-order valence-electron chi connectivity index (χ4n) is 1.74. The van der Waals surface area contributed by atoms with Crippen LogP contribution in [-0.4, -0.2) is 10.2 Å². The third-order valence-corrected chi connectivity index (χ3v) is 3.90. The van der Waals surface area contributed by atoms with Crippen molar-refractivity contribution in [1.29, 1.82) is 0 Å². The van der Waals surface area contributed by atoms with Crippen molar-refractivity contribution in [2.75, 3.05) is 0 Å². The Morgan fingerprint density at radius 2 is 2.31 bits per heavy atom. The highest BCUT2D eigenvalue weighted by Gasteiger charge is 2.10. The molecule has 0 radical (unpaired) electrons. The zero-order valence-electron chi connectivity index (χ0n) is 9.87. The molecule has 2 aromatic rings. The van der Waals surface area contributed by atoms with Crippen LogP contribution in [0.2, 0.25) is 0 Å². The monoisotopic (exact) mass is 235 g/mol. The molecule has 0 aliphatic rings. The average molecular weight is 235 g/mol. The van der Waals surface area contributed by atoms with Crippen LogP contribution in [0.1, 0.15) is 34.7 Å². The zero-order valence-corrected chi connectivity index (χ0v) is 10.7. The Labute approximate surface area is 99.9 Å². The molecular formula is C12H17N3S. The molecule has 2 N–H and O–H groups in total. The van der Waals surface area contributed by atoms with Gasteiger partial charge in [0, 0.05) is 28.7 Å². The van der Waals surface area contributed by atoms with E-state index in [4.69, 9.17) is 0 Å². The Morgan fingerprint density at radius 1 is 1.50 bits per heavy atom. The molecule has 1 unspecified atom stereocenters. The highest BCUT2D eigenvalue weighted by molar-refractivity contribution is 7.10. The van der Waals surface area contributed by atoms with Gasteiger partial charge in [0.05, 0.1) is 6.20 Å². The molecule has 1 atom stereocenters. The van der Waals surface area contributed by atoms with Crippen LogP contribution >= 0.6 is 11.3 Å². The van der Waals surface area contributed by atoms with E-state index in [-0.39, 0.29) is 0 Å². The number of nitrogens with one attached hydrogen (secondary N) is 2. The number of aromatic amines is 1. The second kappa shape index (κ2) is 4.80. The summed E-state index contributed by atoms with van der Waals surface area (Å²) in [5.41, 5.74) is 3.76. The first kappa shape index (κ1) is 11.4. The van der Waals surface area contributed by atoms with E-state index < -0.39 is 0 Å². The summed E-state index contributed by atoms with van der Waals surface area (Å²) in [6.45, 7) is 7.30. The Balaban J connectivity index is 1.97. The summed E-state index contributed by atoms with van der Waals surface area (Å²) >= 11 is 1.81. The summed E-state index contributed by atoms with van der Waals surface area (Å²) in [7, 11) is 0. The zero-order chi connectivity index (χ0) is 11.5. The maximum atomic E-state index is 4.04. The first-order valence-electron chi connectivity index (χ1n) is 5.44. The van der Waals surface area contributed by atoms with Gasteiger partial charge in [0.1, 0.15) is 0 Å². The van der Waals surface area contributed by atoms with Crippen molar-refractivity contribution in [3.63, 3.8) is 0 Å². The standard InChI is InChI=1S/C12H17N3S/c1-8-4-5-16-12(8)7-13-9(2)11-6-14-15-10(11)3/h4-6,9,13H,7H2,1-3H3,(H,14,15). The van der Waals surface area contributed by atoms with Crippen LogP contribution in [0.5, 0.6) is 0 Å². The largest absolute Gasteiger partial charge is 0.305 e. The molecule has 0 saturated carbocycles. The lowest BCUT2D eigenvalue weighted by Crippen LogP contribution is -2.18. The maximum Gasteiger partial charge on any atom is 0.0537 e. The Hall–Kier alpha value is -1.13. The molecule has 0 aromatic carbocycles. The van der Waals surface area contributed by atoms with E-state index in [1.54, 1.807) is 0 Å². The molecule has 2 heterocycles. The number of aryl methyl sites for hydroxylation is 2. The molecule has 3 nitrogen and oxygen atoms in total. The molecule has 0 aliphatic heterocycles. The van der Waals surface area contributed by atoms with Gasteiger partial charge in [-0.1, -0.05) is 0 Å². The van der Waals surface area contributed by atoms with Gasteiger partial charge in [-0.2, -0.15) is 5.10 Å². The van der Waals surface area contributed by atoms with Gasteiger partial charge in [0.25, 0.3) is 0 Å². The van der Waals surface area contributed by atoms with Crippen molar-refractivity contribution >= 4 is 11.3 Å². The van der Waals surface area contributed by atoms with Crippen LogP contribution < -0.4 is 5.32 Å². The SMILES string of the molecule is Cc1ccsc1CNC(C)c1cn[nH]c1C. The van der Waals surface area contributed by atoms with Crippen LogP contribution in [0, 0.1) is 13.8 Å². The number of aromatic nitrogens is 2. The quantitative estimate of drug-likeness (QED) is 0.855. The third-order valence-electron chi connectivity index (χ3n) is 2.87. The summed E-state index contributed by atoms with van der Waals surface area (Å²) in [5, 5.41) is 12.7. The van der Waals surface area contributed by atoms with Gasteiger partial charge in [-0.15, -0.1) is 11.3 Å². The molecule has 16 heavy (non-hydrogen) atoms. The summed E-state index contributed by atoms with van der Waals surface area (Å²) in [4.78, 5) is 1.41. The number of hydrogen-bond donors (Lipinski definition) is 2. The van der Waals surface area contributed by atoms with Gasteiger partial charge in [0.2, 0.25) is 0 Å². The Morgan fingerprint density at radius 3 is 2.88 bits per heavy atom. The molecule has 86 valence electrons. The van der Waals surface area contributed by atoms with Crippen molar-refractivity contribution in [3.8, 4) is 0 Å². The van der Waals surface area contributed by atoms with E-state index in [9.17, 15) is 0 Å². The molecule has 0 saturated heterocycles. The Bertz CT molecular complexity index is 458. The lowest BCUT2D eigenvalue weighted by Gasteiger charge is -2.12. The van der Waals surface area contributed by atoms with Gasteiger partial charge in [-0.05, 0) is 37.8 Å². The molecule has 0 aliphatic carbocycles. The number of hydrogen-bond acceptors (Lipinski definition) is 3. The van der Waals surface area contributed by atoms with Crippen LogP contribution in [0.15, 0.2) is 17.6 Å². The second-order valence-corrected chi connectivity index (χ2v) is 5.08. The minimum Gasteiger partial charge on any atom is -0.305 e. The summed E-state index contributed by atoms with van der Waals surface area (Å²) in [6, 6.07) is 2.50. The molecule has 0 amide bonds. The number of nitrogens with zero attached hydrogens (tertiary/aromatic N) is 1. The van der Waals surface area contributed by atoms with Crippen molar-refractivity contribution in [1.82, 2.24) is 15.5 Å².